The van der Waals surface area contributed by atoms with Gasteiger partial charge in [-0.05, 0) is 42.6 Å². The van der Waals surface area contributed by atoms with Crippen LogP contribution in [0.3, 0.4) is 0 Å². The zero-order valence-electron chi connectivity index (χ0n) is 17.0. The number of carbonyl (C=O) groups excluding carboxylic acids is 1. The summed E-state index contributed by atoms with van der Waals surface area (Å²) < 4.78 is 5.86. The molecule has 4 rings (SSSR count). The Morgan fingerprint density at radius 3 is 2.52 bits per heavy atom. The second kappa shape index (κ2) is 9.23. The molecule has 1 aliphatic heterocycles. The highest BCUT2D eigenvalue weighted by Gasteiger charge is 2.36. The lowest BCUT2D eigenvalue weighted by atomic mass is 10.1. The molecule has 2 aliphatic rings. The lowest BCUT2D eigenvalue weighted by molar-refractivity contribution is -0.131. The van der Waals surface area contributed by atoms with E-state index in [-0.39, 0.29) is 12.5 Å². The van der Waals surface area contributed by atoms with Gasteiger partial charge in [0.15, 0.2) is 0 Å². The van der Waals surface area contributed by atoms with E-state index in [1.807, 2.05) is 41.4 Å². The second-order valence-corrected chi connectivity index (χ2v) is 8.02. The van der Waals surface area contributed by atoms with Gasteiger partial charge in [-0.1, -0.05) is 42.5 Å². The number of aliphatic imine (C=N–C) groups is 1. The highest BCUT2D eigenvalue weighted by Crippen LogP contribution is 2.46. The fourth-order valence-electron chi connectivity index (χ4n) is 3.74. The van der Waals surface area contributed by atoms with Gasteiger partial charge in [0.05, 0.1) is 0 Å². The van der Waals surface area contributed by atoms with Gasteiger partial charge >= 0.3 is 0 Å². The standard InChI is InChI=1S/C24H29N3O2/c1-26-11-13-27(14-12-26)24(28)17-25-16-21-15-23(21)20-7-9-22(10-8-20)29-18-19-5-3-2-4-6-19/h2-10,16,21,23H,11-15,17-18H2,1H3/b25-16+/t21?,23-/m1/s1. The Morgan fingerprint density at radius 1 is 1.07 bits per heavy atom. The van der Waals surface area contributed by atoms with Crippen LogP contribution in [0, 0.1) is 5.92 Å². The molecule has 0 radical (unpaired) electrons. The van der Waals surface area contributed by atoms with Gasteiger partial charge in [-0.2, -0.15) is 0 Å². The van der Waals surface area contributed by atoms with Crippen molar-refractivity contribution < 1.29 is 9.53 Å². The minimum atomic E-state index is 0.145. The van der Waals surface area contributed by atoms with E-state index in [9.17, 15) is 4.79 Å². The number of carbonyl (C=O) groups is 1. The molecule has 0 spiro atoms. The van der Waals surface area contributed by atoms with Crippen LogP contribution in [-0.2, 0) is 11.4 Å². The minimum absolute atomic E-state index is 0.145. The number of ether oxygens (including phenoxy) is 1. The predicted molar refractivity (Wildman–Crippen MR) is 116 cm³/mol. The summed E-state index contributed by atoms with van der Waals surface area (Å²) in [6.07, 6.45) is 3.09. The fraction of sp³-hybridized carbons (Fsp3) is 0.417. The van der Waals surface area contributed by atoms with Crippen molar-refractivity contribution >= 4 is 12.1 Å². The van der Waals surface area contributed by atoms with Crippen molar-refractivity contribution in [1.29, 1.82) is 0 Å². The van der Waals surface area contributed by atoms with Crippen LogP contribution in [0.25, 0.3) is 0 Å². The molecule has 1 unspecified atom stereocenters. The van der Waals surface area contributed by atoms with Gasteiger partial charge < -0.3 is 14.5 Å². The number of hydrogen-bond donors (Lipinski definition) is 0. The van der Waals surface area contributed by atoms with E-state index in [0.29, 0.717) is 18.4 Å². The molecule has 1 saturated heterocycles. The van der Waals surface area contributed by atoms with Crippen LogP contribution >= 0.6 is 0 Å². The topological polar surface area (TPSA) is 45.1 Å². The normalized spacial score (nSPS) is 22.0. The van der Waals surface area contributed by atoms with E-state index in [0.717, 1.165) is 38.3 Å². The first-order valence-corrected chi connectivity index (χ1v) is 10.4. The molecule has 5 heteroatoms. The summed E-state index contributed by atoms with van der Waals surface area (Å²) >= 11 is 0. The Kier molecular flexibility index (Phi) is 6.25. The molecule has 1 saturated carbocycles. The number of hydrogen-bond acceptors (Lipinski definition) is 4. The molecule has 2 aromatic carbocycles. The summed E-state index contributed by atoms with van der Waals surface area (Å²) in [6, 6.07) is 18.6. The van der Waals surface area contributed by atoms with E-state index in [1.54, 1.807) is 0 Å². The molecule has 0 bridgehead atoms. The first-order chi connectivity index (χ1) is 14.2. The van der Waals surface area contributed by atoms with E-state index in [1.165, 1.54) is 11.1 Å². The molecular weight excluding hydrogens is 362 g/mol. The van der Waals surface area contributed by atoms with Gasteiger partial charge in [-0.3, -0.25) is 9.79 Å². The number of rotatable bonds is 7. The van der Waals surface area contributed by atoms with E-state index >= 15 is 0 Å². The third-order valence-electron chi connectivity index (χ3n) is 5.78. The highest BCUT2D eigenvalue weighted by molar-refractivity contribution is 5.80. The smallest absolute Gasteiger partial charge is 0.244 e. The van der Waals surface area contributed by atoms with Gasteiger partial charge in [0.25, 0.3) is 0 Å². The monoisotopic (exact) mass is 391 g/mol. The Labute approximate surface area is 173 Å². The summed E-state index contributed by atoms with van der Waals surface area (Å²) in [5.74, 6) is 2.00. The lowest BCUT2D eigenvalue weighted by Gasteiger charge is -2.32. The maximum atomic E-state index is 12.2. The van der Waals surface area contributed by atoms with Gasteiger partial charge in [0.1, 0.15) is 18.9 Å². The van der Waals surface area contributed by atoms with Crippen LogP contribution < -0.4 is 4.74 Å². The molecule has 0 N–H and O–H groups in total. The molecular formula is C24H29N3O2. The Balaban J connectivity index is 1.20. The van der Waals surface area contributed by atoms with Crippen molar-refractivity contribution in [3.8, 4) is 5.75 Å². The van der Waals surface area contributed by atoms with Crippen molar-refractivity contribution in [2.45, 2.75) is 18.9 Å². The molecule has 29 heavy (non-hydrogen) atoms. The largest absolute Gasteiger partial charge is 0.489 e. The van der Waals surface area contributed by atoms with E-state index in [2.05, 4.69) is 41.2 Å². The molecule has 2 fully saturated rings. The number of nitrogens with zero attached hydrogens (tertiary/aromatic N) is 3. The maximum Gasteiger partial charge on any atom is 0.244 e. The third kappa shape index (κ3) is 5.45. The Hall–Kier alpha value is -2.66. The van der Waals surface area contributed by atoms with Crippen molar-refractivity contribution in [3.63, 3.8) is 0 Å². The SMILES string of the molecule is CN1CCN(C(=O)C/N=C/C2C[C@@H]2c2ccc(OCc3ccccc3)cc2)CC1. The summed E-state index contributed by atoms with van der Waals surface area (Å²) in [7, 11) is 2.09. The molecule has 1 heterocycles. The van der Waals surface area contributed by atoms with Crippen molar-refractivity contribution in [3.05, 3.63) is 65.7 Å². The molecule has 5 nitrogen and oxygen atoms in total. The molecule has 152 valence electrons. The second-order valence-electron chi connectivity index (χ2n) is 8.02. The van der Waals surface area contributed by atoms with Crippen molar-refractivity contribution in [1.82, 2.24) is 9.80 Å². The summed E-state index contributed by atoms with van der Waals surface area (Å²) in [5, 5.41) is 0. The predicted octanol–water partition coefficient (Wildman–Crippen LogP) is 3.21. The summed E-state index contributed by atoms with van der Waals surface area (Å²) in [6.45, 7) is 4.39. The third-order valence-corrected chi connectivity index (χ3v) is 5.78. The van der Waals surface area contributed by atoms with Crippen molar-refractivity contribution in [2.24, 2.45) is 10.9 Å². The molecule has 1 aliphatic carbocycles. The van der Waals surface area contributed by atoms with Crippen molar-refractivity contribution in [2.75, 3.05) is 39.8 Å². The maximum absolute atomic E-state index is 12.2. The van der Waals surface area contributed by atoms with E-state index in [4.69, 9.17) is 4.74 Å². The van der Waals surface area contributed by atoms with Crippen LogP contribution in [0.5, 0.6) is 5.75 Å². The quantitative estimate of drug-likeness (QED) is 0.681. The van der Waals surface area contributed by atoms with Crippen LogP contribution in [0.15, 0.2) is 59.6 Å². The summed E-state index contributed by atoms with van der Waals surface area (Å²) in [5.41, 5.74) is 2.49. The molecule has 0 aromatic heterocycles. The first-order valence-electron chi connectivity index (χ1n) is 10.4. The molecule has 2 atom stereocenters. The number of piperazine rings is 1. The Morgan fingerprint density at radius 2 is 1.79 bits per heavy atom. The zero-order chi connectivity index (χ0) is 20.1. The lowest BCUT2D eigenvalue weighted by Crippen LogP contribution is -2.47. The fourth-order valence-corrected chi connectivity index (χ4v) is 3.74. The zero-order valence-corrected chi connectivity index (χ0v) is 17.0. The average Bonchev–Trinajstić information content (AvgIpc) is 3.53. The molecule has 1 amide bonds. The number of amides is 1. The number of benzene rings is 2. The van der Waals surface area contributed by atoms with Crippen LogP contribution in [0.4, 0.5) is 0 Å². The molecule has 2 aromatic rings. The van der Waals surface area contributed by atoms with Crippen LogP contribution in [0.2, 0.25) is 0 Å². The van der Waals surface area contributed by atoms with Crippen LogP contribution in [0.1, 0.15) is 23.5 Å². The van der Waals surface area contributed by atoms with Gasteiger partial charge in [0.2, 0.25) is 5.91 Å². The van der Waals surface area contributed by atoms with E-state index < -0.39 is 0 Å². The summed E-state index contributed by atoms with van der Waals surface area (Å²) in [4.78, 5) is 20.8. The average molecular weight is 392 g/mol. The van der Waals surface area contributed by atoms with Crippen LogP contribution in [-0.4, -0.2) is 61.7 Å². The number of likely N-dealkylation sites (N-methyl/N-ethyl adjacent to an activating group) is 1. The Bertz CT molecular complexity index is 827. The highest BCUT2D eigenvalue weighted by atomic mass is 16.5. The van der Waals surface area contributed by atoms with Gasteiger partial charge in [-0.25, -0.2) is 0 Å². The first kappa shape index (κ1) is 19.6. The minimum Gasteiger partial charge on any atom is -0.489 e. The van der Waals surface area contributed by atoms with Gasteiger partial charge in [-0.15, -0.1) is 0 Å². The van der Waals surface area contributed by atoms with Gasteiger partial charge in [0, 0.05) is 38.3 Å².